The van der Waals surface area contributed by atoms with Crippen LogP contribution in [-0.2, 0) is 13.0 Å². The minimum Gasteiger partial charge on any atom is -0.464 e. The maximum atomic E-state index is 5.51. The monoisotopic (exact) mass is 293 g/mol. The number of imidazole rings is 1. The van der Waals surface area contributed by atoms with Gasteiger partial charge in [-0.3, -0.25) is 4.90 Å². The van der Waals surface area contributed by atoms with Crippen molar-refractivity contribution in [2.45, 2.75) is 31.8 Å². The molecule has 3 aromatic rings. The molecule has 112 valence electrons. The molecular weight excluding hydrogens is 274 g/mol. The van der Waals surface area contributed by atoms with Gasteiger partial charge in [0.05, 0.1) is 17.3 Å². The molecule has 0 bridgehead atoms. The third-order valence-electron chi connectivity index (χ3n) is 5.16. The largest absolute Gasteiger partial charge is 0.464 e. The Bertz CT molecular complexity index is 818. The van der Waals surface area contributed by atoms with E-state index in [2.05, 4.69) is 27.7 Å². The van der Waals surface area contributed by atoms with Crippen molar-refractivity contribution in [1.82, 2.24) is 14.5 Å². The molecule has 22 heavy (non-hydrogen) atoms. The van der Waals surface area contributed by atoms with Crippen molar-refractivity contribution in [3.63, 3.8) is 0 Å². The highest BCUT2D eigenvalue weighted by atomic mass is 16.3. The smallest absolute Gasteiger partial charge is 0.133 e. The molecule has 2 aliphatic rings. The van der Waals surface area contributed by atoms with Crippen LogP contribution in [-0.4, -0.2) is 33.6 Å². The Hall–Kier alpha value is -2.07. The van der Waals surface area contributed by atoms with Crippen LogP contribution in [0.4, 0.5) is 0 Å². The molecule has 1 aromatic carbocycles. The Balaban J connectivity index is 1.60. The molecule has 1 atom stereocenters. The summed E-state index contributed by atoms with van der Waals surface area (Å²) < 4.78 is 7.92. The second kappa shape index (κ2) is 4.71. The lowest BCUT2D eigenvalue weighted by Crippen LogP contribution is -2.30. The molecule has 0 radical (unpaired) electrons. The molecular formula is C18H19N3O. The van der Waals surface area contributed by atoms with Gasteiger partial charge < -0.3 is 8.98 Å². The minimum absolute atomic E-state index is 0.697. The zero-order valence-electron chi connectivity index (χ0n) is 12.5. The van der Waals surface area contributed by atoms with E-state index in [9.17, 15) is 0 Å². The fraction of sp³-hybridized carbons (Fsp3) is 0.389. The predicted octanol–water partition coefficient (Wildman–Crippen LogP) is 3.32. The van der Waals surface area contributed by atoms with Gasteiger partial charge in [0.2, 0.25) is 0 Å². The quantitative estimate of drug-likeness (QED) is 0.690. The van der Waals surface area contributed by atoms with Gasteiger partial charge in [-0.2, -0.15) is 0 Å². The van der Waals surface area contributed by atoms with Gasteiger partial charge in [0.15, 0.2) is 0 Å². The lowest BCUT2D eigenvalue weighted by Gasteiger charge is -2.20. The third kappa shape index (κ3) is 1.83. The van der Waals surface area contributed by atoms with Crippen LogP contribution in [0.2, 0.25) is 0 Å². The van der Waals surface area contributed by atoms with E-state index in [1.54, 1.807) is 6.26 Å². The summed E-state index contributed by atoms with van der Waals surface area (Å²) in [4.78, 5) is 7.58. The van der Waals surface area contributed by atoms with Crippen LogP contribution in [0.1, 0.15) is 18.7 Å². The number of benzene rings is 1. The highest BCUT2D eigenvalue weighted by Crippen LogP contribution is 2.29. The Morgan fingerprint density at radius 1 is 1.14 bits per heavy atom. The normalized spacial score (nSPS) is 21.7. The number of hydrogen-bond donors (Lipinski definition) is 0. The fourth-order valence-corrected chi connectivity index (χ4v) is 4.04. The Morgan fingerprint density at radius 3 is 3.05 bits per heavy atom. The Kier molecular flexibility index (Phi) is 2.67. The van der Waals surface area contributed by atoms with Gasteiger partial charge >= 0.3 is 0 Å². The van der Waals surface area contributed by atoms with Crippen LogP contribution in [0.5, 0.6) is 0 Å². The average Bonchev–Trinajstić information content (AvgIpc) is 3.24. The number of fused-ring (bicyclic) bond motifs is 4. The molecule has 5 rings (SSSR count). The number of nitrogens with zero attached hydrogens (tertiary/aromatic N) is 3. The van der Waals surface area contributed by atoms with Crippen molar-refractivity contribution in [3.05, 3.63) is 42.4 Å². The van der Waals surface area contributed by atoms with Crippen LogP contribution in [0, 0.1) is 0 Å². The van der Waals surface area contributed by atoms with Crippen molar-refractivity contribution < 1.29 is 4.42 Å². The molecule has 4 heteroatoms. The van der Waals surface area contributed by atoms with Crippen molar-refractivity contribution in [2.75, 3.05) is 13.1 Å². The lowest BCUT2D eigenvalue weighted by molar-refractivity contribution is 0.258. The SMILES string of the molecule is c1coc(-c2ccc3c(c2)nc2n3CCN3CCCC3C2)c1. The van der Waals surface area contributed by atoms with Crippen LogP contribution in [0.25, 0.3) is 22.4 Å². The van der Waals surface area contributed by atoms with Crippen molar-refractivity contribution in [3.8, 4) is 11.3 Å². The third-order valence-corrected chi connectivity index (χ3v) is 5.16. The van der Waals surface area contributed by atoms with E-state index in [0.29, 0.717) is 6.04 Å². The van der Waals surface area contributed by atoms with E-state index in [1.807, 2.05) is 12.1 Å². The van der Waals surface area contributed by atoms with Crippen LogP contribution < -0.4 is 0 Å². The minimum atomic E-state index is 0.697. The van der Waals surface area contributed by atoms with Crippen molar-refractivity contribution in [2.24, 2.45) is 0 Å². The maximum absolute atomic E-state index is 5.51. The summed E-state index contributed by atoms with van der Waals surface area (Å²) in [6.07, 6.45) is 5.47. The molecule has 1 saturated heterocycles. The summed E-state index contributed by atoms with van der Waals surface area (Å²) >= 11 is 0. The second-order valence-electron chi connectivity index (χ2n) is 6.40. The average molecular weight is 293 g/mol. The molecule has 0 amide bonds. The van der Waals surface area contributed by atoms with Gasteiger partial charge in [-0.15, -0.1) is 0 Å². The summed E-state index contributed by atoms with van der Waals surface area (Å²) in [6, 6.07) is 11.1. The first-order valence-corrected chi connectivity index (χ1v) is 8.15. The van der Waals surface area contributed by atoms with Crippen molar-refractivity contribution >= 4 is 11.0 Å². The zero-order chi connectivity index (χ0) is 14.5. The van der Waals surface area contributed by atoms with Gasteiger partial charge in [-0.05, 0) is 49.7 Å². The van der Waals surface area contributed by atoms with Crippen LogP contribution in [0.15, 0.2) is 41.0 Å². The predicted molar refractivity (Wildman–Crippen MR) is 85.7 cm³/mol. The standard InChI is InChI=1S/C18H19N3O/c1-3-14-12-18-19-15-11-13(17-4-2-10-22-17)5-6-16(15)21(18)9-8-20(14)7-1/h2,4-6,10-11,14H,1,3,7-9,12H2. The van der Waals surface area contributed by atoms with E-state index < -0.39 is 0 Å². The van der Waals surface area contributed by atoms with Gasteiger partial charge in [-0.25, -0.2) is 4.98 Å². The summed E-state index contributed by atoms with van der Waals surface area (Å²) in [7, 11) is 0. The lowest BCUT2D eigenvalue weighted by atomic mass is 10.1. The first-order valence-electron chi connectivity index (χ1n) is 8.15. The summed E-state index contributed by atoms with van der Waals surface area (Å²) in [5.41, 5.74) is 3.45. The molecule has 1 fully saturated rings. The summed E-state index contributed by atoms with van der Waals surface area (Å²) in [5, 5.41) is 0. The molecule has 4 nitrogen and oxygen atoms in total. The van der Waals surface area contributed by atoms with Crippen molar-refractivity contribution in [1.29, 1.82) is 0 Å². The van der Waals surface area contributed by atoms with E-state index in [1.165, 1.54) is 30.7 Å². The molecule has 4 heterocycles. The molecule has 0 N–H and O–H groups in total. The Labute approximate surface area is 129 Å². The topological polar surface area (TPSA) is 34.2 Å². The van der Waals surface area contributed by atoms with Crippen LogP contribution in [0.3, 0.4) is 0 Å². The van der Waals surface area contributed by atoms with E-state index in [0.717, 1.165) is 36.4 Å². The number of hydrogen-bond acceptors (Lipinski definition) is 3. The van der Waals surface area contributed by atoms with Gasteiger partial charge in [0, 0.05) is 31.1 Å². The number of rotatable bonds is 1. The maximum Gasteiger partial charge on any atom is 0.133 e. The first kappa shape index (κ1) is 12.5. The molecule has 0 spiro atoms. The first-order chi connectivity index (χ1) is 10.9. The van der Waals surface area contributed by atoms with Crippen LogP contribution >= 0.6 is 0 Å². The number of aromatic nitrogens is 2. The number of furan rings is 1. The van der Waals surface area contributed by atoms with E-state index in [-0.39, 0.29) is 0 Å². The zero-order valence-corrected chi connectivity index (χ0v) is 12.5. The molecule has 0 saturated carbocycles. The fourth-order valence-electron chi connectivity index (χ4n) is 4.04. The van der Waals surface area contributed by atoms with Gasteiger partial charge in [0.25, 0.3) is 0 Å². The van der Waals surface area contributed by atoms with E-state index >= 15 is 0 Å². The highest BCUT2D eigenvalue weighted by molar-refractivity contribution is 5.81. The van der Waals surface area contributed by atoms with Gasteiger partial charge in [-0.1, -0.05) is 0 Å². The molecule has 2 aliphatic heterocycles. The summed E-state index contributed by atoms with van der Waals surface area (Å²) in [5.74, 6) is 2.16. The molecule has 1 unspecified atom stereocenters. The molecule has 2 aromatic heterocycles. The molecule has 0 aliphatic carbocycles. The van der Waals surface area contributed by atoms with E-state index in [4.69, 9.17) is 9.40 Å². The highest BCUT2D eigenvalue weighted by Gasteiger charge is 2.29. The van der Waals surface area contributed by atoms with Gasteiger partial charge in [0.1, 0.15) is 11.6 Å². The summed E-state index contributed by atoms with van der Waals surface area (Å²) in [6.45, 7) is 3.47. The Morgan fingerprint density at radius 2 is 2.14 bits per heavy atom. The second-order valence-corrected chi connectivity index (χ2v) is 6.40.